The molecule has 0 spiro atoms. The van der Waals surface area contributed by atoms with Crippen LogP contribution in [-0.2, 0) is 11.4 Å². The van der Waals surface area contributed by atoms with Gasteiger partial charge in [0, 0.05) is 11.8 Å². The predicted octanol–water partition coefficient (Wildman–Crippen LogP) is 3.86. The van der Waals surface area contributed by atoms with Gasteiger partial charge in [0.2, 0.25) is 5.91 Å². The summed E-state index contributed by atoms with van der Waals surface area (Å²) in [6.07, 6.45) is 2.64. The lowest BCUT2D eigenvalue weighted by Gasteiger charge is -2.17. The summed E-state index contributed by atoms with van der Waals surface area (Å²) in [4.78, 5) is 11.5. The molecular weight excluding hydrogens is 307 g/mol. The number of rotatable bonds is 9. The molecule has 0 aliphatic carbocycles. The number of carbonyl (C=O) groups is 1. The molecule has 0 fully saturated rings. The number of primary amides is 1. The topological polar surface area (TPSA) is 64.3 Å². The Kier molecular flexibility index (Phi) is 6.61. The maximum Gasteiger partial charge on any atom is 0.239 e. The van der Waals surface area contributed by atoms with Gasteiger partial charge in [-0.1, -0.05) is 38.0 Å². The molecule has 0 heterocycles. The quantitative estimate of drug-likeness (QED) is 0.734. The third-order valence-electron chi connectivity index (χ3n) is 3.66. The van der Waals surface area contributed by atoms with E-state index in [-0.39, 0.29) is 17.8 Å². The van der Waals surface area contributed by atoms with Gasteiger partial charge < -0.3 is 15.8 Å². The fourth-order valence-corrected chi connectivity index (χ4v) is 2.37. The summed E-state index contributed by atoms with van der Waals surface area (Å²) in [5, 5.41) is 3.17. The van der Waals surface area contributed by atoms with E-state index in [1.807, 2.05) is 24.3 Å². The summed E-state index contributed by atoms with van der Waals surface area (Å²) in [6, 6.07) is 13.2. The van der Waals surface area contributed by atoms with Crippen LogP contribution in [0.4, 0.5) is 10.1 Å². The van der Waals surface area contributed by atoms with E-state index in [1.165, 1.54) is 12.1 Å². The summed E-state index contributed by atoms with van der Waals surface area (Å²) in [7, 11) is 0. The van der Waals surface area contributed by atoms with Gasteiger partial charge in [-0.25, -0.2) is 4.39 Å². The monoisotopic (exact) mass is 330 g/mol. The second-order valence-electron chi connectivity index (χ2n) is 5.69. The van der Waals surface area contributed by atoms with E-state index in [4.69, 9.17) is 10.5 Å². The van der Waals surface area contributed by atoms with Gasteiger partial charge in [-0.05, 0) is 36.2 Å². The Balaban J connectivity index is 1.98. The van der Waals surface area contributed by atoms with Crippen molar-refractivity contribution in [3.63, 3.8) is 0 Å². The van der Waals surface area contributed by atoms with Crippen molar-refractivity contribution in [2.45, 2.75) is 38.8 Å². The van der Waals surface area contributed by atoms with Gasteiger partial charge in [0.1, 0.15) is 24.2 Å². The first-order valence-electron chi connectivity index (χ1n) is 8.11. The molecule has 0 bridgehead atoms. The number of nitrogens with two attached hydrogens (primary N) is 1. The maximum atomic E-state index is 13.1. The van der Waals surface area contributed by atoms with E-state index in [9.17, 15) is 9.18 Å². The van der Waals surface area contributed by atoms with Gasteiger partial charge in [0.25, 0.3) is 0 Å². The summed E-state index contributed by atoms with van der Waals surface area (Å²) in [6.45, 7) is 2.39. The molecule has 0 saturated heterocycles. The standard InChI is InChI=1S/C19H23FN2O2/c1-2-3-10-18(19(21)23)22-16-8-4-6-14(11-16)13-24-17-9-5-7-15(20)12-17/h4-9,11-12,18,22H,2-3,10,13H2,1H3,(H2,21,23). The maximum absolute atomic E-state index is 13.1. The van der Waals surface area contributed by atoms with Gasteiger partial charge in [-0.15, -0.1) is 0 Å². The van der Waals surface area contributed by atoms with E-state index in [1.54, 1.807) is 12.1 Å². The van der Waals surface area contributed by atoms with Crippen molar-refractivity contribution in [2.75, 3.05) is 5.32 Å². The van der Waals surface area contributed by atoms with E-state index in [0.29, 0.717) is 18.8 Å². The number of halogens is 1. The number of nitrogens with one attached hydrogen (secondary N) is 1. The smallest absolute Gasteiger partial charge is 0.239 e. The first kappa shape index (κ1) is 17.8. The number of hydrogen-bond acceptors (Lipinski definition) is 3. The number of carbonyl (C=O) groups excluding carboxylic acids is 1. The minimum atomic E-state index is -0.385. The van der Waals surface area contributed by atoms with Crippen LogP contribution in [0.5, 0.6) is 5.75 Å². The van der Waals surface area contributed by atoms with Crippen LogP contribution in [0.2, 0.25) is 0 Å². The van der Waals surface area contributed by atoms with E-state index < -0.39 is 0 Å². The summed E-state index contributed by atoms with van der Waals surface area (Å²) < 4.78 is 18.7. The van der Waals surface area contributed by atoms with Crippen molar-refractivity contribution in [1.82, 2.24) is 0 Å². The number of anilines is 1. The van der Waals surface area contributed by atoms with Crippen molar-refractivity contribution < 1.29 is 13.9 Å². The highest BCUT2D eigenvalue weighted by Crippen LogP contribution is 2.17. The molecule has 0 saturated carbocycles. The first-order chi connectivity index (χ1) is 11.6. The highest BCUT2D eigenvalue weighted by Gasteiger charge is 2.14. The van der Waals surface area contributed by atoms with Crippen LogP contribution in [-0.4, -0.2) is 11.9 Å². The Hall–Kier alpha value is -2.56. The molecule has 0 radical (unpaired) electrons. The van der Waals surface area contributed by atoms with Crippen molar-refractivity contribution in [2.24, 2.45) is 5.73 Å². The lowest BCUT2D eigenvalue weighted by Crippen LogP contribution is -2.35. The SMILES string of the molecule is CCCCC(Nc1cccc(COc2cccc(F)c2)c1)C(N)=O. The molecule has 3 N–H and O–H groups in total. The van der Waals surface area contributed by atoms with E-state index >= 15 is 0 Å². The van der Waals surface area contributed by atoms with Crippen LogP contribution in [0.1, 0.15) is 31.7 Å². The number of ether oxygens (including phenoxy) is 1. The van der Waals surface area contributed by atoms with Crippen molar-refractivity contribution >= 4 is 11.6 Å². The molecule has 2 rings (SSSR count). The Morgan fingerprint density at radius 1 is 1.25 bits per heavy atom. The summed E-state index contributed by atoms with van der Waals surface area (Å²) >= 11 is 0. The summed E-state index contributed by atoms with van der Waals surface area (Å²) in [5.41, 5.74) is 7.19. The number of benzene rings is 2. The third kappa shape index (κ3) is 5.57. The largest absolute Gasteiger partial charge is 0.489 e. The average molecular weight is 330 g/mol. The zero-order valence-corrected chi connectivity index (χ0v) is 13.8. The highest BCUT2D eigenvalue weighted by molar-refractivity contribution is 5.82. The van der Waals surface area contributed by atoms with Crippen molar-refractivity contribution in [3.8, 4) is 5.75 Å². The number of unbranched alkanes of at least 4 members (excludes halogenated alkanes) is 1. The normalized spacial score (nSPS) is 11.8. The van der Waals surface area contributed by atoms with Crippen molar-refractivity contribution in [3.05, 3.63) is 59.9 Å². The van der Waals surface area contributed by atoms with Crippen LogP contribution in [0.25, 0.3) is 0 Å². The van der Waals surface area contributed by atoms with Crippen LogP contribution in [0.3, 0.4) is 0 Å². The summed E-state index contributed by atoms with van der Waals surface area (Å²) in [5.74, 6) is -0.209. The van der Waals surface area contributed by atoms with Gasteiger partial charge in [0.05, 0.1) is 0 Å². The Morgan fingerprint density at radius 2 is 2.04 bits per heavy atom. The molecule has 128 valence electrons. The highest BCUT2D eigenvalue weighted by atomic mass is 19.1. The van der Waals surface area contributed by atoms with E-state index in [2.05, 4.69) is 12.2 Å². The molecule has 0 aliphatic heterocycles. The molecule has 5 heteroatoms. The Labute approximate surface area is 141 Å². The number of hydrogen-bond donors (Lipinski definition) is 2. The molecular formula is C19H23FN2O2. The molecule has 4 nitrogen and oxygen atoms in total. The van der Waals surface area contributed by atoms with Gasteiger partial charge in [-0.2, -0.15) is 0 Å². The fourth-order valence-electron chi connectivity index (χ4n) is 2.37. The molecule has 0 aliphatic rings. The zero-order valence-electron chi connectivity index (χ0n) is 13.8. The van der Waals surface area contributed by atoms with Crippen molar-refractivity contribution in [1.29, 1.82) is 0 Å². The molecule has 1 atom stereocenters. The molecule has 24 heavy (non-hydrogen) atoms. The lowest BCUT2D eigenvalue weighted by atomic mass is 10.1. The second-order valence-corrected chi connectivity index (χ2v) is 5.69. The minimum Gasteiger partial charge on any atom is -0.489 e. The molecule has 1 amide bonds. The third-order valence-corrected chi connectivity index (χ3v) is 3.66. The van der Waals surface area contributed by atoms with Crippen LogP contribution in [0.15, 0.2) is 48.5 Å². The number of amides is 1. The van der Waals surface area contributed by atoms with Crippen LogP contribution >= 0.6 is 0 Å². The average Bonchev–Trinajstić information content (AvgIpc) is 2.57. The molecule has 2 aromatic rings. The van der Waals surface area contributed by atoms with Gasteiger partial charge in [0.15, 0.2) is 0 Å². The van der Waals surface area contributed by atoms with Crippen LogP contribution < -0.4 is 15.8 Å². The second kappa shape index (κ2) is 8.91. The predicted molar refractivity (Wildman–Crippen MR) is 93.3 cm³/mol. The molecule has 0 aromatic heterocycles. The minimum absolute atomic E-state index is 0.315. The fraction of sp³-hybridized carbons (Fsp3) is 0.316. The van der Waals surface area contributed by atoms with E-state index in [0.717, 1.165) is 24.1 Å². The molecule has 1 unspecified atom stereocenters. The van der Waals surface area contributed by atoms with Crippen LogP contribution in [0, 0.1) is 5.82 Å². The lowest BCUT2D eigenvalue weighted by molar-refractivity contribution is -0.118. The molecule has 2 aromatic carbocycles. The first-order valence-corrected chi connectivity index (χ1v) is 8.11. The Morgan fingerprint density at radius 3 is 2.75 bits per heavy atom. The van der Waals surface area contributed by atoms with Gasteiger partial charge >= 0.3 is 0 Å². The Bertz CT molecular complexity index is 676. The zero-order chi connectivity index (χ0) is 17.4. The van der Waals surface area contributed by atoms with Gasteiger partial charge in [-0.3, -0.25) is 4.79 Å².